The number of ether oxygens (including phenoxy) is 3. The summed E-state index contributed by atoms with van der Waals surface area (Å²) < 4.78 is 35.8. The summed E-state index contributed by atoms with van der Waals surface area (Å²) >= 11 is 0. The van der Waals surface area contributed by atoms with Gasteiger partial charge in [0.1, 0.15) is 18.0 Å². The SMILES string of the molecule is COCCNC(=O)c1ccc(-c2noc(COC3CCN(C(=O)OC(C)(C)C)CC3)n2)cc1F. The molecule has 1 aromatic heterocycles. The number of benzene rings is 1. The van der Waals surface area contributed by atoms with E-state index in [1.807, 2.05) is 20.8 Å². The molecular formula is C23H31FN4O6. The second-order valence-electron chi connectivity index (χ2n) is 8.93. The summed E-state index contributed by atoms with van der Waals surface area (Å²) in [6.07, 6.45) is 0.958. The van der Waals surface area contributed by atoms with E-state index in [-0.39, 0.29) is 42.6 Å². The van der Waals surface area contributed by atoms with Crippen molar-refractivity contribution in [3.63, 3.8) is 0 Å². The quantitative estimate of drug-likeness (QED) is 0.575. The third kappa shape index (κ3) is 7.22. The second kappa shape index (κ2) is 11.4. The number of methoxy groups -OCH3 is 1. The Kier molecular flexibility index (Phi) is 8.56. The highest BCUT2D eigenvalue weighted by Gasteiger charge is 2.27. The van der Waals surface area contributed by atoms with E-state index in [9.17, 15) is 14.0 Å². The van der Waals surface area contributed by atoms with Gasteiger partial charge in [-0.3, -0.25) is 4.79 Å². The van der Waals surface area contributed by atoms with Gasteiger partial charge in [-0.15, -0.1) is 0 Å². The minimum Gasteiger partial charge on any atom is -0.444 e. The van der Waals surface area contributed by atoms with Gasteiger partial charge in [0.15, 0.2) is 0 Å². The van der Waals surface area contributed by atoms with Gasteiger partial charge in [0.2, 0.25) is 5.82 Å². The Bertz CT molecular complexity index is 982. The molecule has 3 rings (SSSR count). The zero-order chi connectivity index (χ0) is 24.7. The Morgan fingerprint density at radius 2 is 2.00 bits per heavy atom. The highest BCUT2D eigenvalue weighted by molar-refractivity contribution is 5.94. The average Bonchev–Trinajstić information content (AvgIpc) is 3.26. The van der Waals surface area contributed by atoms with Gasteiger partial charge < -0.3 is 29.0 Å². The third-order valence-corrected chi connectivity index (χ3v) is 5.07. The number of likely N-dealkylation sites (tertiary alicyclic amines) is 1. The molecule has 11 heteroatoms. The zero-order valence-corrected chi connectivity index (χ0v) is 19.9. The first kappa shape index (κ1) is 25.6. The molecule has 0 atom stereocenters. The maximum Gasteiger partial charge on any atom is 0.410 e. The van der Waals surface area contributed by atoms with Gasteiger partial charge in [0, 0.05) is 32.3 Å². The van der Waals surface area contributed by atoms with Crippen molar-refractivity contribution in [2.24, 2.45) is 0 Å². The van der Waals surface area contributed by atoms with Crippen molar-refractivity contribution in [3.05, 3.63) is 35.5 Å². The van der Waals surface area contributed by atoms with Crippen molar-refractivity contribution in [1.82, 2.24) is 20.4 Å². The van der Waals surface area contributed by atoms with E-state index in [2.05, 4.69) is 15.5 Å². The number of nitrogens with zero attached hydrogens (tertiary/aromatic N) is 3. The first-order valence-corrected chi connectivity index (χ1v) is 11.2. The Morgan fingerprint density at radius 1 is 1.26 bits per heavy atom. The number of hydrogen-bond acceptors (Lipinski definition) is 8. The Labute approximate surface area is 197 Å². The van der Waals surface area contributed by atoms with Crippen LogP contribution >= 0.6 is 0 Å². The van der Waals surface area contributed by atoms with Crippen LogP contribution in [0.25, 0.3) is 11.4 Å². The van der Waals surface area contributed by atoms with E-state index >= 15 is 0 Å². The minimum atomic E-state index is -0.688. The van der Waals surface area contributed by atoms with Crippen LogP contribution in [0.2, 0.25) is 0 Å². The number of carbonyl (C=O) groups is 2. The van der Waals surface area contributed by atoms with E-state index < -0.39 is 17.3 Å². The van der Waals surface area contributed by atoms with Crippen LogP contribution in [0.5, 0.6) is 0 Å². The molecule has 1 fully saturated rings. The molecule has 0 saturated carbocycles. The maximum atomic E-state index is 14.4. The van der Waals surface area contributed by atoms with Crippen LogP contribution in [0.1, 0.15) is 49.9 Å². The highest BCUT2D eigenvalue weighted by Crippen LogP contribution is 2.21. The molecule has 1 saturated heterocycles. The van der Waals surface area contributed by atoms with Crippen LogP contribution < -0.4 is 5.32 Å². The minimum absolute atomic E-state index is 0.0533. The monoisotopic (exact) mass is 478 g/mol. The predicted molar refractivity (Wildman–Crippen MR) is 120 cm³/mol. The topological polar surface area (TPSA) is 116 Å². The van der Waals surface area contributed by atoms with E-state index in [4.69, 9.17) is 18.7 Å². The van der Waals surface area contributed by atoms with Gasteiger partial charge in [-0.1, -0.05) is 11.2 Å². The molecule has 1 N–H and O–H groups in total. The number of halogens is 1. The number of aromatic nitrogens is 2. The molecule has 10 nitrogen and oxygen atoms in total. The molecule has 34 heavy (non-hydrogen) atoms. The summed E-state index contributed by atoms with van der Waals surface area (Å²) in [6, 6.07) is 4.11. The number of nitrogens with one attached hydrogen (secondary N) is 1. The maximum absolute atomic E-state index is 14.4. The fourth-order valence-electron chi connectivity index (χ4n) is 3.35. The van der Waals surface area contributed by atoms with Gasteiger partial charge in [-0.05, 0) is 45.7 Å². The standard InChI is InChI=1S/C23H31FN4O6/c1-23(2,3)33-22(30)28-10-7-16(8-11-28)32-14-19-26-20(27-34-19)15-5-6-17(18(24)13-15)21(29)25-9-12-31-4/h5-6,13,16H,7-12,14H2,1-4H3,(H,25,29). The molecular weight excluding hydrogens is 447 g/mol. The van der Waals surface area contributed by atoms with Crippen molar-refractivity contribution < 1.29 is 32.7 Å². The van der Waals surface area contributed by atoms with E-state index in [0.717, 1.165) is 0 Å². The summed E-state index contributed by atoms with van der Waals surface area (Å²) in [4.78, 5) is 30.1. The van der Waals surface area contributed by atoms with Crippen molar-refractivity contribution in [1.29, 1.82) is 0 Å². The van der Waals surface area contributed by atoms with Crippen LogP contribution in [0.4, 0.5) is 9.18 Å². The van der Waals surface area contributed by atoms with Gasteiger partial charge in [0.05, 0.1) is 18.3 Å². The Morgan fingerprint density at radius 3 is 2.65 bits per heavy atom. The van der Waals surface area contributed by atoms with Crippen LogP contribution in [-0.2, 0) is 20.8 Å². The summed E-state index contributed by atoms with van der Waals surface area (Å²) in [5.41, 5.74) is -0.226. The van der Waals surface area contributed by atoms with E-state index in [1.165, 1.54) is 19.2 Å². The fraction of sp³-hybridized carbons (Fsp3) is 0.565. The molecule has 186 valence electrons. The lowest BCUT2D eigenvalue weighted by Gasteiger charge is -2.33. The van der Waals surface area contributed by atoms with Crippen LogP contribution in [0.15, 0.2) is 22.7 Å². The lowest BCUT2D eigenvalue weighted by atomic mass is 10.1. The second-order valence-corrected chi connectivity index (χ2v) is 8.93. The number of rotatable bonds is 8. The smallest absolute Gasteiger partial charge is 0.410 e. The van der Waals surface area contributed by atoms with Crippen molar-refractivity contribution in [3.8, 4) is 11.4 Å². The lowest BCUT2D eigenvalue weighted by Crippen LogP contribution is -2.43. The first-order valence-electron chi connectivity index (χ1n) is 11.2. The van der Waals surface area contributed by atoms with Crippen LogP contribution in [0.3, 0.4) is 0 Å². The average molecular weight is 479 g/mol. The third-order valence-electron chi connectivity index (χ3n) is 5.07. The summed E-state index contributed by atoms with van der Waals surface area (Å²) in [5.74, 6) is -0.761. The molecule has 0 spiro atoms. The fourth-order valence-corrected chi connectivity index (χ4v) is 3.35. The molecule has 2 heterocycles. The Balaban J connectivity index is 1.49. The van der Waals surface area contributed by atoms with Gasteiger partial charge in [0.25, 0.3) is 11.8 Å². The lowest BCUT2D eigenvalue weighted by molar-refractivity contribution is -0.0231. The highest BCUT2D eigenvalue weighted by atomic mass is 19.1. The van der Waals surface area contributed by atoms with Crippen LogP contribution in [0, 0.1) is 5.82 Å². The number of amides is 2. The van der Waals surface area contributed by atoms with Gasteiger partial charge in [-0.25, -0.2) is 9.18 Å². The molecule has 2 amide bonds. The summed E-state index contributed by atoms with van der Waals surface area (Å²) in [6.45, 7) is 7.31. The molecule has 1 aromatic carbocycles. The first-order chi connectivity index (χ1) is 16.2. The van der Waals surface area contributed by atoms with Crippen LogP contribution in [-0.4, -0.2) is 72.1 Å². The van der Waals surface area contributed by atoms with Gasteiger partial charge in [-0.2, -0.15) is 4.98 Å². The van der Waals surface area contributed by atoms with Crippen molar-refractivity contribution in [2.75, 3.05) is 33.4 Å². The predicted octanol–water partition coefficient (Wildman–Crippen LogP) is 3.17. The molecule has 0 unspecified atom stereocenters. The molecule has 1 aliphatic rings. The van der Waals surface area contributed by atoms with Crippen molar-refractivity contribution >= 4 is 12.0 Å². The van der Waals surface area contributed by atoms with Crippen molar-refractivity contribution in [2.45, 2.75) is 51.9 Å². The van der Waals surface area contributed by atoms with Gasteiger partial charge >= 0.3 is 6.09 Å². The van der Waals surface area contributed by atoms with E-state index in [0.29, 0.717) is 38.1 Å². The zero-order valence-electron chi connectivity index (χ0n) is 19.9. The molecule has 2 aromatic rings. The number of hydrogen-bond donors (Lipinski definition) is 1. The largest absolute Gasteiger partial charge is 0.444 e. The number of piperidine rings is 1. The molecule has 0 bridgehead atoms. The molecule has 1 aliphatic heterocycles. The summed E-state index contributed by atoms with van der Waals surface area (Å²) in [5, 5.41) is 6.45. The summed E-state index contributed by atoms with van der Waals surface area (Å²) in [7, 11) is 1.51. The van der Waals surface area contributed by atoms with E-state index in [1.54, 1.807) is 11.0 Å². The molecule has 0 radical (unpaired) electrons. The Hall–Kier alpha value is -3.05. The molecule has 0 aliphatic carbocycles. The normalized spacial score (nSPS) is 14.8. The number of carbonyl (C=O) groups excluding carboxylic acids is 2.